The molecule has 10 atom stereocenters. The van der Waals surface area contributed by atoms with Gasteiger partial charge in [0.15, 0.2) is 5.60 Å². The maximum Gasteiger partial charge on any atom is 0.339 e. The number of carbonyl (C=O) groups excluding carboxylic acids is 6. The third-order valence-corrected chi connectivity index (χ3v) is 9.94. The molecule has 0 spiro atoms. The second kappa shape index (κ2) is 14.2. The molecule has 1 aromatic rings. The Balaban J connectivity index is 2.17. The summed E-state index contributed by atoms with van der Waals surface area (Å²) in [6.07, 6.45) is 1.68. The van der Waals surface area contributed by atoms with Crippen LogP contribution in [0.2, 0.25) is 0 Å². The van der Waals surface area contributed by atoms with Crippen molar-refractivity contribution in [1.82, 2.24) is 4.98 Å². The predicted octanol–water partition coefficient (Wildman–Crippen LogP) is 3.47. The summed E-state index contributed by atoms with van der Waals surface area (Å²) in [5.41, 5.74) is -6.07. The van der Waals surface area contributed by atoms with Crippen molar-refractivity contribution in [2.24, 2.45) is 29.1 Å². The summed E-state index contributed by atoms with van der Waals surface area (Å²) >= 11 is 0. The Labute approximate surface area is 285 Å². The van der Waals surface area contributed by atoms with Crippen molar-refractivity contribution in [1.29, 1.82) is 0 Å². The number of aliphatic hydroxyl groups is 1. The van der Waals surface area contributed by atoms with Crippen molar-refractivity contribution in [2.75, 3.05) is 6.61 Å². The number of carbonyl (C=O) groups is 6. The van der Waals surface area contributed by atoms with Crippen LogP contribution in [0.4, 0.5) is 0 Å². The molecule has 0 amide bonds. The van der Waals surface area contributed by atoms with E-state index >= 15 is 4.79 Å². The Hall–Kier alpha value is -4.39. The van der Waals surface area contributed by atoms with Crippen molar-refractivity contribution >= 4 is 35.6 Å². The summed E-state index contributed by atoms with van der Waals surface area (Å²) in [5.74, 6) is -9.24. The molecule has 0 radical (unpaired) electrons. The highest BCUT2D eigenvalue weighted by Gasteiger charge is 2.78. The monoisotopic (exact) mass is 683 g/mol. The van der Waals surface area contributed by atoms with Crippen molar-refractivity contribution < 1.29 is 57.6 Å². The van der Waals surface area contributed by atoms with Crippen LogP contribution in [0.1, 0.15) is 78.1 Å². The summed E-state index contributed by atoms with van der Waals surface area (Å²) in [6.45, 7) is 13.3. The van der Waals surface area contributed by atoms with E-state index in [-0.39, 0.29) is 18.4 Å². The van der Waals surface area contributed by atoms with Gasteiger partial charge in [-0.2, -0.15) is 0 Å². The van der Waals surface area contributed by atoms with E-state index in [4.69, 9.17) is 23.7 Å². The maximum absolute atomic E-state index is 15.1. The van der Waals surface area contributed by atoms with Crippen LogP contribution in [0.5, 0.6) is 0 Å². The van der Waals surface area contributed by atoms with Gasteiger partial charge >= 0.3 is 29.8 Å². The Kier molecular flexibility index (Phi) is 10.9. The van der Waals surface area contributed by atoms with Gasteiger partial charge in [-0.15, -0.1) is 0 Å². The van der Waals surface area contributed by atoms with Gasteiger partial charge in [0.05, 0.1) is 16.9 Å². The van der Waals surface area contributed by atoms with Gasteiger partial charge in [-0.25, -0.2) is 4.79 Å². The quantitative estimate of drug-likeness (QED) is 0.215. The molecular formula is C36H45NO12. The number of rotatable bonds is 10. The number of aromatic nitrogens is 1. The fourth-order valence-electron chi connectivity index (χ4n) is 8.32. The number of ether oxygens (including phenoxy) is 5. The van der Waals surface area contributed by atoms with Crippen LogP contribution in [0.15, 0.2) is 48.8 Å². The zero-order chi connectivity index (χ0) is 36.5. The minimum absolute atomic E-state index is 0.0676. The molecule has 0 unspecified atom stereocenters. The van der Waals surface area contributed by atoms with Gasteiger partial charge in [-0.05, 0) is 50.8 Å². The fraction of sp³-hybridized carbons (Fsp3) is 0.583. The highest BCUT2D eigenvalue weighted by molar-refractivity contribution is 5.98. The Morgan fingerprint density at radius 3 is 2.24 bits per heavy atom. The number of Topliss-reactive ketones (excluding diaryl/α,β-unsaturated/α-hetero) is 1. The zero-order valence-electron chi connectivity index (χ0n) is 28.9. The van der Waals surface area contributed by atoms with Gasteiger partial charge in [0.2, 0.25) is 5.78 Å². The minimum atomic E-state index is -2.42. The van der Waals surface area contributed by atoms with E-state index in [1.165, 1.54) is 44.4 Å². The number of pyridine rings is 1. The van der Waals surface area contributed by atoms with Crippen molar-refractivity contribution in [2.45, 2.75) is 97.2 Å². The predicted molar refractivity (Wildman–Crippen MR) is 171 cm³/mol. The summed E-state index contributed by atoms with van der Waals surface area (Å²) in [4.78, 5) is 84.6. The molecule has 266 valence electrons. The standard InChI is InChI=1S/C36H45NO12/c1-9-11-27(41)48-31-28-29(47-22(6)39)20(4)16-36(28,44)33(43)34(8,49-23(7)40)30-25(19(2)3)13-14-26(46-21(5)38)35(30,31)18-45-32(42)24-12-10-15-37-17-24/h10,12-15,17,20,25-26,28-31,44H,2,9,11,16,18H2,1,3-8H3/t20-,25+,26+,28+,29-,30-,31+,34-,35+,36+/m1/s1. The first-order valence-corrected chi connectivity index (χ1v) is 16.4. The highest BCUT2D eigenvalue weighted by Crippen LogP contribution is 2.63. The third kappa shape index (κ3) is 6.77. The van der Waals surface area contributed by atoms with Gasteiger partial charge < -0.3 is 28.8 Å². The molecule has 1 aromatic heterocycles. The van der Waals surface area contributed by atoms with Gasteiger partial charge in [0.25, 0.3) is 0 Å². The molecule has 49 heavy (non-hydrogen) atoms. The average molecular weight is 684 g/mol. The van der Waals surface area contributed by atoms with Crippen molar-refractivity contribution in [3.63, 3.8) is 0 Å². The lowest BCUT2D eigenvalue weighted by molar-refractivity contribution is -0.223. The Bertz CT molecular complexity index is 1540. The van der Waals surface area contributed by atoms with E-state index in [2.05, 4.69) is 11.6 Å². The molecule has 1 heterocycles. The van der Waals surface area contributed by atoms with Crippen LogP contribution >= 0.6 is 0 Å². The van der Waals surface area contributed by atoms with E-state index in [9.17, 15) is 29.1 Å². The first kappa shape index (κ1) is 37.4. The zero-order valence-corrected chi connectivity index (χ0v) is 28.9. The van der Waals surface area contributed by atoms with Gasteiger partial charge in [-0.3, -0.25) is 29.0 Å². The second-order valence-electron chi connectivity index (χ2n) is 13.6. The number of ketones is 1. The molecule has 0 bridgehead atoms. The summed E-state index contributed by atoms with van der Waals surface area (Å²) < 4.78 is 30.0. The van der Waals surface area contributed by atoms with Crippen LogP contribution < -0.4 is 0 Å². The smallest absolute Gasteiger partial charge is 0.339 e. The molecule has 4 rings (SSSR count). The maximum atomic E-state index is 15.1. The molecule has 13 nitrogen and oxygen atoms in total. The second-order valence-corrected chi connectivity index (χ2v) is 13.6. The molecule has 3 aliphatic carbocycles. The number of fused-ring (bicyclic) bond motifs is 2. The molecule has 2 fully saturated rings. The number of nitrogens with zero attached hydrogens (tertiary/aromatic N) is 1. The van der Waals surface area contributed by atoms with Crippen molar-refractivity contribution in [3.8, 4) is 0 Å². The summed E-state index contributed by atoms with van der Waals surface area (Å²) in [5, 5.41) is 12.7. The van der Waals surface area contributed by atoms with Crippen molar-refractivity contribution in [3.05, 3.63) is 54.4 Å². The normalized spacial score (nSPS) is 34.8. The lowest BCUT2D eigenvalue weighted by Gasteiger charge is -2.55. The number of hydrogen-bond acceptors (Lipinski definition) is 13. The molecule has 0 saturated heterocycles. The molecule has 0 aliphatic heterocycles. The molecule has 2 saturated carbocycles. The summed E-state index contributed by atoms with van der Waals surface area (Å²) in [7, 11) is 0. The first-order valence-electron chi connectivity index (χ1n) is 16.4. The van der Waals surface area contributed by atoms with E-state index in [0.29, 0.717) is 12.0 Å². The van der Waals surface area contributed by atoms with Gasteiger partial charge in [0, 0.05) is 51.4 Å². The summed E-state index contributed by atoms with van der Waals surface area (Å²) in [6, 6.07) is 3.00. The largest absolute Gasteiger partial charge is 0.462 e. The lowest BCUT2D eigenvalue weighted by atomic mass is 9.53. The van der Waals surface area contributed by atoms with Crippen LogP contribution in [-0.4, -0.2) is 81.8 Å². The SMILES string of the molecule is C=C(C)[C@@H]1C=C[C@H](OC(C)=O)[C@]2(COC(=O)c3cccnc3)[C@@H](OC(=O)CCC)[C@@H]3[C@H](OC(C)=O)[C@H](C)C[C@@]3(O)C(=O)[C@](C)(OC(C)=O)[C@@H]12. The van der Waals surface area contributed by atoms with Gasteiger partial charge in [0.1, 0.15) is 30.5 Å². The number of hydrogen-bond donors (Lipinski definition) is 1. The van der Waals surface area contributed by atoms with E-state index in [0.717, 1.165) is 13.8 Å². The highest BCUT2D eigenvalue weighted by atomic mass is 16.6. The van der Waals surface area contributed by atoms with Crippen LogP contribution in [0.3, 0.4) is 0 Å². The molecule has 13 heteroatoms. The Morgan fingerprint density at radius 1 is 1.02 bits per heavy atom. The van der Waals surface area contributed by atoms with Crippen LogP contribution in [-0.2, 0) is 47.7 Å². The minimum Gasteiger partial charge on any atom is -0.462 e. The van der Waals surface area contributed by atoms with E-state index in [1.807, 2.05) is 0 Å². The third-order valence-electron chi connectivity index (χ3n) is 9.94. The molecular weight excluding hydrogens is 638 g/mol. The first-order chi connectivity index (χ1) is 22.9. The average Bonchev–Trinajstić information content (AvgIpc) is 3.24. The van der Waals surface area contributed by atoms with Crippen LogP contribution in [0, 0.1) is 29.1 Å². The van der Waals surface area contributed by atoms with E-state index in [1.54, 1.807) is 26.8 Å². The number of allylic oxidation sites excluding steroid dienone is 2. The fourth-order valence-corrected chi connectivity index (χ4v) is 8.32. The molecule has 0 aromatic carbocycles. The molecule has 1 N–H and O–H groups in total. The Morgan fingerprint density at radius 2 is 1.69 bits per heavy atom. The van der Waals surface area contributed by atoms with Crippen LogP contribution in [0.25, 0.3) is 0 Å². The molecule has 3 aliphatic rings. The van der Waals surface area contributed by atoms with Gasteiger partial charge in [-0.1, -0.05) is 32.1 Å². The lowest BCUT2D eigenvalue weighted by Crippen LogP contribution is -2.66. The van der Waals surface area contributed by atoms with E-state index < -0.39 is 101 Å². The number of esters is 5. The topological polar surface area (TPSA) is 182 Å².